The normalized spacial score (nSPS) is 16.3. The highest BCUT2D eigenvalue weighted by Crippen LogP contribution is 2.38. The van der Waals surface area contributed by atoms with E-state index >= 15 is 0 Å². The maximum absolute atomic E-state index is 12.7. The standard InChI is InChI=1S/C22H21BrN2O5S/c1-4-29-17-10-13(9-16(23)19(17)26)11-18-20(27)25(3)22(31-18)24-15-8-6-7-14(12-15)21(28)30-5-2/h6-12,26H,4-5H2,1-3H3. The zero-order valence-electron chi connectivity index (χ0n) is 17.2. The number of aliphatic imine (C=N–C) groups is 1. The highest BCUT2D eigenvalue weighted by Gasteiger charge is 2.30. The largest absolute Gasteiger partial charge is 0.503 e. The van der Waals surface area contributed by atoms with Crippen LogP contribution in [-0.4, -0.2) is 47.3 Å². The lowest BCUT2D eigenvalue weighted by Crippen LogP contribution is -2.23. The Hall–Kier alpha value is -2.78. The topological polar surface area (TPSA) is 88.4 Å². The lowest BCUT2D eigenvalue weighted by atomic mass is 10.2. The van der Waals surface area contributed by atoms with Gasteiger partial charge in [0.1, 0.15) is 0 Å². The molecule has 1 aliphatic rings. The molecular formula is C22H21BrN2O5S. The van der Waals surface area contributed by atoms with Crippen LogP contribution in [0.4, 0.5) is 5.69 Å². The highest BCUT2D eigenvalue weighted by molar-refractivity contribution is 9.10. The molecule has 0 saturated carbocycles. The maximum atomic E-state index is 12.7. The summed E-state index contributed by atoms with van der Waals surface area (Å²) >= 11 is 4.53. The van der Waals surface area contributed by atoms with Gasteiger partial charge in [0.15, 0.2) is 16.7 Å². The van der Waals surface area contributed by atoms with E-state index in [0.29, 0.717) is 43.7 Å². The Morgan fingerprint density at radius 1 is 1.26 bits per heavy atom. The number of esters is 1. The first-order valence-corrected chi connectivity index (χ1v) is 11.1. The molecule has 0 aromatic heterocycles. The molecule has 2 aromatic rings. The van der Waals surface area contributed by atoms with Gasteiger partial charge in [0.2, 0.25) is 0 Å². The van der Waals surface area contributed by atoms with Crippen molar-refractivity contribution in [2.45, 2.75) is 13.8 Å². The quantitative estimate of drug-likeness (QED) is 0.441. The molecule has 0 unspecified atom stereocenters. The van der Waals surface area contributed by atoms with E-state index in [1.165, 1.54) is 16.7 Å². The molecule has 7 nitrogen and oxygen atoms in total. The molecule has 0 bridgehead atoms. The predicted octanol–water partition coefficient (Wildman–Crippen LogP) is 4.96. The van der Waals surface area contributed by atoms with Crippen LogP contribution in [0.1, 0.15) is 29.8 Å². The SMILES string of the molecule is CCOC(=O)c1cccc(N=C2SC(=Cc3cc(Br)c(O)c(OCC)c3)C(=O)N2C)c1. The van der Waals surface area contributed by atoms with Gasteiger partial charge in [-0.1, -0.05) is 6.07 Å². The number of hydrogen-bond acceptors (Lipinski definition) is 7. The number of phenols is 1. The molecule has 1 saturated heterocycles. The Morgan fingerprint density at radius 2 is 2.03 bits per heavy atom. The molecule has 162 valence electrons. The minimum absolute atomic E-state index is 0.00949. The van der Waals surface area contributed by atoms with Crippen LogP contribution in [0, 0.1) is 0 Å². The number of carbonyl (C=O) groups excluding carboxylic acids is 2. The van der Waals surface area contributed by atoms with Crippen molar-refractivity contribution in [2.75, 3.05) is 20.3 Å². The van der Waals surface area contributed by atoms with E-state index in [1.54, 1.807) is 56.4 Å². The third-order valence-corrected chi connectivity index (χ3v) is 5.90. The second kappa shape index (κ2) is 10.0. The van der Waals surface area contributed by atoms with Crippen LogP contribution in [0.15, 0.2) is 50.8 Å². The van der Waals surface area contributed by atoms with Crippen molar-refractivity contribution in [1.82, 2.24) is 4.90 Å². The van der Waals surface area contributed by atoms with Crippen LogP contribution in [0.2, 0.25) is 0 Å². The molecule has 1 aliphatic heterocycles. The molecule has 1 fully saturated rings. The number of hydrogen-bond donors (Lipinski definition) is 1. The maximum Gasteiger partial charge on any atom is 0.338 e. The summed E-state index contributed by atoms with van der Waals surface area (Å²) in [5.41, 5.74) is 1.64. The smallest absolute Gasteiger partial charge is 0.338 e. The van der Waals surface area contributed by atoms with Gasteiger partial charge in [0.25, 0.3) is 5.91 Å². The number of amidine groups is 1. The summed E-state index contributed by atoms with van der Waals surface area (Å²) in [4.78, 5) is 31.1. The van der Waals surface area contributed by atoms with Crippen LogP contribution < -0.4 is 4.74 Å². The lowest BCUT2D eigenvalue weighted by Gasteiger charge is -2.09. The number of nitrogens with zero attached hydrogens (tertiary/aromatic N) is 2. The Labute approximate surface area is 192 Å². The summed E-state index contributed by atoms with van der Waals surface area (Å²) in [5.74, 6) is -0.281. The highest BCUT2D eigenvalue weighted by atomic mass is 79.9. The van der Waals surface area contributed by atoms with Crippen molar-refractivity contribution in [2.24, 2.45) is 4.99 Å². The van der Waals surface area contributed by atoms with Crippen molar-refractivity contribution in [3.63, 3.8) is 0 Å². The number of ether oxygens (including phenoxy) is 2. The molecule has 31 heavy (non-hydrogen) atoms. The zero-order chi connectivity index (χ0) is 22.5. The number of benzene rings is 2. The van der Waals surface area contributed by atoms with Gasteiger partial charge >= 0.3 is 5.97 Å². The molecule has 9 heteroatoms. The van der Waals surface area contributed by atoms with Gasteiger partial charge in [0.05, 0.1) is 33.8 Å². The van der Waals surface area contributed by atoms with E-state index in [2.05, 4.69) is 20.9 Å². The van der Waals surface area contributed by atoms with E-state index < -0.39 is 5.97 Å². The van der Waals surface area contributed by atoms with Crippen molar-refractivity contribution in [3.05, 3.63) is 56.9 Å². The molecule has 3 rings (SSSR count). The van der Waals surface area contributed by atoms with Crippen molar-refractivity contribution >= 4 is 56.5 Å². The average molecular weight is 505 g/mol. The first kappa shape index (κ1) is 22.9. The number of rotatable bonds is 6. The first-order chi connectivity index (χ1) is 14.8. The second-order valence-corrected chi connectivity index (χ2v) is 8.29. The zero-order valence-corrected chi connectivity index (χ0v) is 19.6. The number of phenolic OH excluding ortho intramolecular Hbond substituents is 1. The molecule has 2 aromatic carbocycles. The number of carbonyl (C=O) groups is 2. The summed E-state index contributed by atoms with van der Waals surface area (Å²) in [6, 6.07) is 10.1. The Balaban J connectivity index is 1.89. The van der Waals surface area contributed by atoms with E-state index in [-0.39, 0.29) is 18.3 Å². The van der Waals surface area contributed by atoms with Crippen LogP contribution in [-0.2, 0) is 9.53 Å². The molecule has 1 N–H and O–H groups in total. The lowest BCUT2D eigenvalue weighted by molar-refractivity contribution is -0.121. The fourth-order valence-electron chi connectivity index (χ4n) is 2.77. The van der Waals surface area contributed by atoms with Gasteiger partial charge in [0, 0.05) is 7.05 Å². The molecule has 0 spiro atoms. The Bertz CT molecular complexity index is 1080. The minimum atomic E-state index is -0.420. The number of amides is 1. The van der Waals surface area contributed by atoms with Gasteiger partial charge in [-0.15, -0.1) is 0 Å². The molecule has 1 amide bonds. The molecule has 0 atom stereocenters. The predicted molar refractivity (Wildman–Crippen MR) is 125 cm³/mol. The van der Waals surface area contributed by atoms with Crippen molar-refractivity contribution in [1.29, 1.82) is 0 Å². The number of likely N-dealkylation sites (N-methyl/N-ethyl adjacent to an activating group) is 1. The minimum Gasteiger partial charge on any atom is -0.503 e. The Morgan fingerprint density at radius 3 is 2.74 bits per heavy atom. The van der Waals surface area contributed by atoms with Crippen LogP contribution >= 0.6 is 27.7 Å². The second-order valence-electron chi connectivity index (χ2n) is 6.42. The van der Waals surface area contributed by atoms with Crippen molar-refractivity contribution < 1.29 is 24.2 Å². The van der Waals surface area contributed by atoms with Crippen LogP contribution in [0.5, 0.6) is 11.5 Å². The van der Waals surface area contributed by atoms with Gasteiger partial charge in [-0.25, -0.2) is 9.79 Å². The van der Waals surface area contributed by atoms with E-state index in [9.17, 15) is 14.7 Å². The monoisotopic (exact) mass is 504 g/mol. The molecule has 0 radical (unpaired) electrons. The summed E-state index contributed by atoms with van der Waals surface area (Å²) in [7, 11) is 1.64. The summed E-state index contributed by atoms with van der Waals surface area (Å²) in [6.45, 7) is 4.26. The van der Waals surface area contributed by atoms with E-state index in [1.807, 2.05) is 6.92 Å². The third-order valence-electron chi connectivity index (χ3n) is 4.23. The van der Waals surface area contributed by atoms with Crippen LogP contribution in [0.3, 0.4) is 0 Å². The van der Waals surface area contributed by atoms with Crippen molar-refractivity contribution in [3.8, 4) is 11.5 Å². The summed E-state index contributed by atoms with van der Waals surface area (Å²) < 4.78 is 10.9. The first-order valence-electron chi connectivity index (χ1n) is 9.52. The van der Waals surface area contributed by atoms with Gasteiger partial charge < -0.3 is 14.6 Å². The fraction of sp³-hybridized carbons (Fsp3) is 0.227. The van der Waals surface area contributed by atoms with Crippen LogP contribution in [0.25, 0.3) is 6.08 Å². The van der Waals surface area contributed by atoms with E-state index in [0.717, 1.165) is 0 Å². The van der Waals surface area contributed by atoms with E-state index in [4.69, 9.17) is 9.47 Å². The number of thioether (sulfide) groups is 1. The Kier molecular flexibility index (Phi) is 7.40. The fourth-order valence-corrected chi connectivity index (χ4v) is 4.22. The number of aromatic hydroxyl groups is 1. The molecular weight excluding hydrogens is 484 g/mol. The van der Waals surface area contributed by atoms with Gasteiger partial charge in [-0.05, 0) is 83.5 Å². The van der Waals surface area contributed by atoms with Gasteiger partial charge in [-0.3, -0.25) is 9.69 Å². The average Bonchev–Trinajstić information content (AvgIpc) is 3.00. The summed E-state index contributed by atoms with van der Waals surface area (Å²) in [6.07, 6.45) is 1.72. The summed E-state index contributed by atoms with van der Waals surface area (Å²) in [5, 5.41) is 10.6. The molecule has 0 aliphatic carbocycles. The molecule has 1 heterocycles. The third kappa shape index (κ3) is 5.29. The van der Waals surface area contributed by atoms with Gasteiger partial charge in [-0.2, -0.15) is 0 Å². The number of halogens is 1.